The molecular formula is C11H23NO4. The van der Waals surface area contributed by atoms with Crippen LogP contribution in [0, 0.1) is 5.41 Å². The fraction of sp³-hybridized carbons (Fsp3) is 0.909. The molecule has 0 aliphatic heterocycles. The molecule has 96 valence electrons. The number of rotatable bonds is 2. The van der Waals surface area contributed by atoms with Crippen LogP contribution in [0.15, 0.2) is 0 Å². The highest BCUT2D eigenvalue weighted by Gasteiger charge is 2.32. The maximum absolute atomic E-state index is 11.5. The van der Waals surface area contributed by atoms with E-state index in [4.69, 9.17) is 4.74 Å². The quantitative estimate of drug-likeness (QED) is 0.627. The second-order valence-electron chi connectivity index (χ2n) is 5.90. The van der Waals surface area contributed by atoms with E-state index in [1.165, 1.54) is 0 Å². The Hall–Kier alpha value is -0.810. The third-order valence-corrected chi connectivity index (χ3v) is 1.90. The molecule has 3 N–H and O–H groups in total. The van der Waals surface area contributed by atoms with E-state index in [1.807, 2.05) is 0 Å². The van der Waals surface area contributed by atoms with Gasteiger partial charge in [0.1, 0.15) is 5.60 Å². The van der Waals surface area contributed by atoms with Crippen LogP contribution in [0.3, 0.4) is 0 Å². The van der Waals surface area contributed by atoms with E-state index in [-0.39, 0.29) is 0 Å². The van der Waals surface area contributed by atoms with E-state index < -0.39 is 29.4 Å². The predicted molar refractivity (Wildman–Crippen MR) is 60.8 cm³/mol. The molecule has 0 bridgehead atoms. The third kappa shape index (κ3) is 5.92. The highest BCUT2D eigenvalue weighted by molar-refractivity contribution is 5.68. The van der Waals surface area contributed by atoms with Crippen LogP contribution in [0.1, 0.15) is 41.5 Å². The summed E-state index contributed by atoms with van der Waals surface area (Å²) in [6, 6.07) is -0.776. The van der Waals surface area contributed by atoms with Crippen LogP contribution in [-0.2, 0) is 4.74 Å². The Morgan fingerprint density at radius 3 is 1.81 bits per heavy atom. The number of aliphatic hydroxyl groups excluding tert-OH is 1. The summed E-state index contributed by atoms with van der Waals surface area (Å²) in [5.41, 5.74) is -1.07. The van der Waals surface area contributed by atoms with Gasteiger partial charge in [-0.3, -0.25) is 0 Å². The molecule has 5 nitrogen and oxygen atoms in total. The molecule has 0 saturated heterocycles. The van der Waals surface area contributed by atoms with Gasteiger partial charge in [-0.05, 0) is 26.2 Å². The molecule has 0 radical (unpaired) electrons. The van der Waals surface area contributed by atoms with Crippen molar-refractivity contribution < 1.29 is 19.7 Å². The number of amides is 1. The lowest BCUT2D eigenvalue weighted by atomic mass is 9.86. The van der Waals surface area contributed by atoms with Gasteiger partial charge in [0.2, 0.25) is 0 Å². The fourth-order valence-electron chi connectivity index (χ4n) is 1.17. The van der Waals surface area contributed by atoms with E-state index in [0.717, 1.165) is 0 Å². The van der Waals surface area contributed by atoms with Crippen LogP contribution < -0.4 is 5.32 Å². The normalized spacial score (nSPS) is 14.8. The molecule has 16 heavy (non-hydrogen) atoms. The van der Waals surface area contributed by atoms with Crippen molar-refractivity contribution in [1.29, 1.82) is 0 Å². The summed E-state index contributed by atoms with van der Waals surface area (Å²) in [5.74, 6) is 0. The first-order valence-electron chi connectivity index (χ1n) is 5.29. The van der Waals surface area contributed by atoms with Crippen molar-refractivity contribution in [2.75, 3.05) is 0 Å². The van der Waals surface area contributed by atoms with Gasteiger partial charge in [0.25, 0.3) is 0 Å². The van der Waals surface area contributed by atoms with Gasteiger partial charge in [0.05, 0.1) is 6.04 Å². The summed E-state index contributed by atoms with van der Waals surface area (Å²) < 4.78 is 5.04. The predicted octanol–water partition coefficient (Wildman–Crippen LogP) is 1.24. The Balaban J connectivity index is 4.49. The molecule has 0 rings (SSSR count). The van der Waals surface area contributed by atoms with E-state index in [0.29, 0.717) is 0 Å². The smallest absolute Gasteiger partial charge is 0.408 e. The number of carbonyl (C=O) groups is 1. The largest absolute Gasteiger partial charge is 0.444 e. The topological polar surface area (TPSA) is 78.8 Å². The molecule has 0 saturated carbocycles. The minimum Gasteiger partial charge on any atom is -0.444 e. The maximum Gasteiger partial charge on any atom is 0.408 e. The van der Waals surface area contributed by atoms with E-state index >= 15 is 0 Å². The maximum atomic E-state index is 11.5. The van der Waals surface area contributed by atoms with Gasteiger partial charge in [-0.1, -0.05) is 20.8 Å². The van der Waals surface area contributed by atoms with Crippen molar-refractivity contribution in [3.05, 3.63) is 0 Å². The third-order valence-electron chi connectivity index (χ3n) is 1.90. The van der Waals surface area contributed by atoms with Crippen LogP contribution in [-0.4, -0.2) is 34.2 Å². The van der Waals surface area contributed by atoms with E-state index in [2.05, 4.69) is 5.32 Å². The number of ether oxygens (including phenoxy) is 1. The second-order valence-corrected chi connectivity index (χ2v) is 5.90. The summed E-state index contributed by atoms with van der Waals surface area (Å²) in [5, 5.41) is 20.8. The van der Waals surface area contributed by atoms with Crippen molar-refractivity contribution in [2.24, 2.45) is 5.41 Å². The molecule has 5 heteroatoms. The number of aliphatic hydroxyl groups is 2. The van der Waals surface area contributed by atoms with E-state index in [1.54, 1.807) is 41.5 Å². The van der Waals surface area contributed by atoms with Gasteiger partial charge in [-0.2, -0.15) is 0 Å². The molecule has 0 aromatic rings. The van der Waals surface area contributed by atoms with Crippen molar-refractivity contribution in [3.8, 4) is 0 Å². The second kappa shape index (κ2) is 5.01. The number of carbonyl (C=O) groups excluding carboxylic acids is 1. The lowest BCUT2D eigenvalue weighted by molar-refractivity contribution is -0.0926. The van der Waals surface area contributed by atoms with Gasteiger partial charge < -0.3 is 20.3 Å². The van der Waals surface area contributed by atoms with Gasteiger partial charge in [-0.15, -0.1) is 0 Å². The molecule has 0 aliphatic carbocycles. The van der Waals surface area contributed by atoms with Crippen molar-refractivity contribution in [2.45, 2.75) is 59.5 Å². The van der Waals surface area contributed by atoms with Crippen LogP contribution >= 0.6 is 0 Å². The first kappa shape index (κ1) is 15.2. The summed E-state index contributed by atoms with van der Waals surface area (Å²) in [7, 11) is 0. The summed E-state index contributed by atoms with van der Waals surface area (Å²) in [6.07, 6.45) is -2.27. The van der Waals surface area contributed by atoms with Crippen LogP contribution in [0.5, 0.6) is 0 Å². The number of hydrogen-bond acceptors (Lipinski definition) is 4. The highest BCUT2D eigenvalue weighted by Crippen LogP contribution is 2.21. The Labute approximate surface area is 96.8 Å². The van der Waals surface area contributed by atoms with Gasteiger partial charge in [0, 0.05) is 0 Å². The zero-order chi connectivity index (χ0) is 13.1. The lowest BCUT2D eigenvalue weighted by Crippen LogP contribution is -2.52. The van der Waals surface area contributed by atoms with Crippen LogP contribution in [0.25, 0.3) is 0 Å². The van der Waals surface area contributed by atoms with Gasteiger partial charge in [0.15, 0.2) is 6.29 Å². The molecule has 0 aromatic heterocycles. The molecule has 0 heterocycles. The van der Waals surface area contributed by atoms with Crippen molar-refractivity contribution in [3.63, 3.8) is 0 Å². The summed E-state index contributed by atoms with van der Waals surface area (Å²) in [4.78, 5) is 11.5. The molecule has 0 unspecified atom stereocenters. The molecule has 1 atom stereocenters. The molecule has 0 spiro atoms. The minimum absolute atomic E-state index is 0.467. The molecular weight excluding hydrogens is 210 g/mol. The molecule has 0 aromatic carbocycles. The number of hydrogen-bond donors (Lipinski definition) is 3. The van der Waals surface area contributed by atoms with Crippen molar-refractivity contribution in [1.82, 2.24) is 5.32 Å². The molecule has 1 amide bonds. The van der Waals surface area contributed by atoms with Gasteiger partial charge in [-0.25, -0.2) is 4.79 Å². The zero-order valence-electron chi connectivity index (χ0n) is 10.9. The number of alkyl carbamates (subject to hydrolysis) is 1. The average molecular weight is 233 g/mol. The fourth-order valence-corrected chi connectivity index (χ4v) is 1.17. The Kier molecular flexibility index (Phi) is 4.76. The monoisotopic (exact) mass is 233 g/mol. The highest BCUT2D eigenvalue weighted by atomic mass is 16.6. The summed E-state index contributed by atoms with van der Waals surface area (Å²) >= 11 is 0. The molecule has 0 fully saturated rings. The van der Waals surface area contributed by atoms with Crippen molar-refractivity contribution >= 4 is 6.09 Å². The molecule has 0 aliphatic rings. The van der Waals surface area contributed by atoms with Crippen LogP contribution in [0.2, 0.25) is 0 Å². The Morgan fingerprint density at radius 2 is 1.56 bits per heavy atom. The first-order chi connectivity index (χ1) is 6.93. The van der Waals surface area contributed by atoms with Gasteiger partial charge >= 0.3 is 6.09 Å². The van der Waals surface area contributed by atoms with Crippen LogP contribution in [0.4, 0.5) is 4.79 Å². The van der Waals surface area contributed by atoms with E-state index in [9.17, 15) is 15.0 Å². The SMILES string of the molecule is CC(C)(C)OC(=O)N[C@H](C(O)O)C(C)(C)C. The Bertz CT molecular complexity index is 237. The zero-order valence-corrected chi connectivity index (χ0v) is 10.9. The minimum atomic E-state index is -1.62. The average Bonchev–Trinajstić information content (AvgIpc) is 1.93. The number of nitrogens with one attached hydrogen (secondary N) is 1. The standard InChI is InChI=1S/C11H23NO4/c1-10(2,3)7(8(13)14)12-9(15)16-11(4,5)6/h7-8,13-14H,1-6H3,(H,12,15)/t7-/m1/s1. The summed E-state index contributed by atoms with van der Waals surface area (Å²) in [6.45, 7) is 10.6. The lowest BCUT2D eigenvalue weighted by Gasteiger charge is -2.33. The Morgan fingerprint density at radius 1 is 1.12 bits per heavy atom. The first-order valence-corrected chi connectivity index (χ1v) is 5.29.